The molecule has 0 aromatic carbocycles. The summed E-state index contributed by atoms with van der Waals surface area (Å²) in [6.45, 7) is 2.84. The predicted octanol–water partition coefficient (Wildman–Crippen LogP) is 4.33. The number of hydrogen-bond acceptors (Lipinski definition) is 5. The predicted molar refractivity (Wildman–Crippen MR) is 94.7 cm³/mol. The molecule has 0 heterocycles. The Morgan fingerprint density at radius 1 is 0.625 bits per heavy atom. The van der Waals surface area contributed by atoms with Crippen molar-refractivity contribution in [1.29, 1.82) is 0 Å². The summed E-state index contributed by atoms with van der Waals surface area (Å²) >= 11 is 0. The Labute approximate surface area is 148 Å². The van der Waals surface area contributed by atoms with Crippen LogP contribution in [0.2, 0.25) is 0 Å². The molecule has 0 bridgehead atoms. The summed E-state index contributed by atoms with van der Waals surface area (Å²) in [5.41, 5.74) is 0. The van der Waals surface area contributed by atoms with E-state index in [9.17, 15) is 14.4 Å². The van der Waals surface area contributed by atoms with E-state index in [-0.39, 0.29) is 13.2 Å². The molecule has 0 spiro atoms. The van der Waals surface area contributed by atoms with Crippen LogP contribution in [0.3, 0.4) is 0 Å². The van der Waals surface area contributed by atoms with Gasteiger partial charge < -0.3 is 23.6 Å². The molecule has 0 aromatic rings. The van der Waals surface area contributed by atoms with Crippen LogP contribution in [-0.4, -0.2) is 19.8 Å². The van der Waals surface area contributed by atoms with Gasteiger partial charge in [-0.05, 0) is 6.42 Å². The Balaban J connectivity index is 3.02. The minimum Gasteiger partial charge on any atom is -0.790 e. The Morgan fingerprint density at radius 2 is 1.04 bits per heavy atom. The molecule has 0 rings (SSSR count). The van der Waals surface area contributed by atoms with Gasteiger partial charge in [-0.3, -0.25) is 0 Å². The van der Waals surface area contributed by atoms with E-state index in [0.717, 1.165) is 12.8 Å². The van der Waals surface area contributed by atoms with Crippen LogP contribution in [0, 0.1) is 0 Å². The zero-order valence-electron chi connectivity index (χ0n) is 15.5. The maximum absolute atomic E-state index is 10.2. The summed E-state index contributed by atoms with van der Waals surface area (Å²) in [5, 5.41) is 0. The summed E-state index contributed by atoms with van der Waals surface area (Å²) < 4.78 is 19.5. The first-order chi connectivity index (χ1) is 11.6. The van der Waals surface area contributed by atoms with Gasteiger partial charge in [-0.15, -0.1) is 0 Å². The zero-order valence-corrected chi connectivity index (χ0v) is 16.4. The fraction of sp³-hybridized carbons (Fsp3) is 1.00. The molecule has 0 unspecified atom stereocenters. The van der Waals surface area contributed by atoms with E-state index in [2.05, 4.69) is 11.4 Å². The van der Waals surface area contributed by atoms with E-state index in [0.29, 0.717) is 6.61 Å². The highest BCUT2D eigenvalue weighted by Gasteiger charge is 1.95. The monoisotopic (exact) mass is 364 g/mol. The Bertz CT molecular complexity index is 293. The van der Waals surface area contributed by atoms with Crippen LogP contribution in [0.1, 0.15) is 96.8 Å². The zero-order chi connectivity index (χ0) is 17.9. The molecule has 0 aliphatic heterocycles. The number of hydrogen-bond donors (Lipinski definition) is 0. The Morgan fingerprint density at radius 3 is 1.46 bits per heavy atom. The van der Waals surface area contributed by atoms with E-state index in [1.54, 1.807) is 0 Å². The standard InChI is InChI=1S/C18H39O5P/c1-2-3-4-5-6-7-8-9-10-11-12-13-14-15-16-22-17-18-23-24(19,20)21/h2-18H2,1H3,(H2,19,20,21)/p-2. The van der Waals surface area contributed by atoms with E-state index in [1.165, 1.54) is 77.0 Å². The lowest BCUT2D eigenvalue weighted by Crippen LogP contribution is -2.18. The van der Waals surface area contributed by atoms with Gasteiger partial charge >= 0.3 is 0 Å². The van der Waals surface area contributed by atoms with Gasteiger partial charge in [0.2, 0.25) is 0 Å². The van der Waals surface area contributed by atoms with E-state index < -0.39 is 7.82 Å². The third kappa shape index (κ3) is 22.1. The molecule has 0 aliphatic rings. The summed E-state index contributed by atoms with van der Waals surface area (Å²) in [5.74, 6) is 0. The molecule has 0 N–H and O–H groups in total. The summed E-state index contributed by atoms with van der Waals surface area (Å²) in [6, 6.07) is 0. The largest absolute Gasteiger partial charge is 0.790 e. The van der Waals surface area contributed by atoms with Gasteiger partial charge in [-0.1, -0.05) is 90.4 Å². The highest BCUT2D eigenvalue weighted by molar-refractivity contribution is 7.43. The quantitative estimate of drug-likeness (QED) is 0.252. The summed E-state index contributed by atoms with van der Waals surface area (Å²) in [4.78, 5) is 20.4. The number of unbranched alkanes of at least 4 members (excludes halogenated alkanes) is 13. The van der Waals surface area contributed by atoms with Crippen molar-refractivity contribution < 1.29 is 23.6 Å². The van der Waals surface area contributed by atoms with Gasteiger partial charge in [0.1, 0.15) is 0 Å². The van der Waals surface area contributed by atoms with Crippen molar-refractivity contribution in [1.82, 2.24) is 0 Å². The second-order valence-electron chi connectivity index (χ2n) is 6.49. The number of ether oxygens (including phenoxy) is 1. The molecule has 0 amide bonds. The van der Waals surface area contributed by atoms with Gasteiger partial charge in [0.05, 0.1) is 21.0 Å². The average Bonchev–Trinajstić information content (AvgIpc) is 2.52. The lowest BCUT2D eigenvalue weighted by Gasteiger charge is -2.28. The lowest BCUT2D eigenvalue weighted by molar-refractivity contribution is -0.342. The van der Waals surface area contributed by atoms with Crippen molar-refractivity contribution in [3.8, 4) is 0 Å². The average molecular weight is 364 g/mol. The normalized spacial score (nSPS) is 12.0. The third-order valence-corrected chi connectivity index (χ3v) is 4.62. The van der Waals surface area contributed by atoms with Crippen LogP contribution in [0.4, 0.5) is 0 Å². The van der Waals surface area contributed by atoms with Crippen LogP contribution in [0.5, 0.6) is 0 Å². The lowest BCUT2D eigenvalue weighted by atomic mass is 10.0. The first-order valence-electron chi connectivity index (χ1n) is 9.80. The van der Waals surface area contributed by atoms with Crippen LogP contribution < -0.4 is 9.79 Å². The van der Waals surface area contributed by atoms with Crippen molar-refractivity contribution in [2.24, 2.45) is 0 Å². The molecule has 0 aromatic heterocycles. The summed E-state index contributed by atoms with van der Waals surface area (Å²) in [7, 11) is -4.84. The SMILES string of the molecule is CCCCCCCCCCCCCCCCOCCOP(=O)([O-])[O-]. The molecule has 146 valence electrons. The van der Waals surface area contributed by atoms with Gasteiger partial charge in [0.25, 0.3) is 0 Å². The molecule has 0 saturated heterocycles. The van der Waals surface area contributed by atoms with Gasteiger partial charge in [-0.2, -0.15) is 0 Å². The minimum atomic E-state index is -4.84. The van der Waals surface area contributed by atoms with Crippen LogP contribution >= 0.6 is 7.82 Å². The van der Waals surface area contributed by atoms with Crippen molar-refractivity contribution in [3.63, 3.8) is 0 Å². The number of rotatable bonds is 19. The smallest absolute Gasteiger partial charge is 0.0752 e. The van der Waals surface area contributed by atoms with E-state index >= 15 is 0 Å². The Kier molecular flexibility index (Phi) is 17.9. The highest BCUT2D eigenvalue weighted by atomic mass is 31.2. The molecule has 0 aliphatic carbocycles. The van der Waals surface area contributed by atoms with Crippen molar-refractivity contribution in [3.05, 3.63) is 0 Å². The van der Waals surface area contributed by atoms with Crippen LogP contribution in [0.15, 0.2) is 0 Å². The van der Waals surface area contributed by atoms with Crippen LogP contribution in [-0.2, 0) is 13.8 Å². The summed E-state index contributed by atoms with van der Waals surface area (Å²) in [6.07, 6.45) is 18.4. The minimum absolute atomic E-state index is 0.160. The van der Waals surface area contributed by atoms with E-state index in [4.69, 9.17) is 4.74 Å². The van der Waals surface area contributed by atoms with Crippen molar-refractivity contribution >= 4 is 7.82 Å². The number of phosphoric acid groups is 1. The molecule has 0 fully saturated rings. The van der Waals surface area contributed by atoms with Gasteiger partial charge in [-0.25, -0.2) is 0 Å². The Hall–Kier alpha value is 0.0700. The highest BCUT2D eigenvalue weighted by Crippen LogP contribution is 2.23. The second-order valence-corrected chi connectivity index (χ2v) is 7.64. The molecular formula is C18H37O5P-2. The van der Waals surface area contributed by atoms with Gasteiger partial charge in [0, 0.05) is 6.61 Å². The molecule has 0 radical (unpaired) electrons. The third-order valence-electron chi connectivity index (χ3n) is 4.12. The van der Waals surface area contributed by atoms with E-state index in [1.807, 2.05) is 0 Å². The molecule has 5 nitrogen and oxygen atoms in total. The van der Waals surface area contributed by atoms with Crippen molar-refractivity contribution in [2.75, 3.05) is 19.8 Å². The van der Waals surface area contributed by atoms with Crippen molar-refractivity contribution in [2.45, 2.75) is 96.8 Å². The maximum atomic E-state index is 10.2. The fourth-order valence-electron chi connectivity index (χ4n) is 2.71. The molecule has 0 atom stereocenters. The number of phosphoric ester groups is 1. The molecular weight excluding hydrogens is 327 g/mol. The van der Waals surface area contributed by atoms with Gasteiger partial charge in [0.15, 0.2) is 0 Å². The first-order valence-corrected chi connectivity index (χ1v) is 11.3. The molecule has 0 saturated carbocycles. The first kappa shape index (κ1) is 24.1. The topological polar surface area (TPSA) is 81.7 Å². The van der Waals surface area contributed by atoms with Crippen LogP contribution in [0.25, 0.3) is 0 Å². The fourth-order valence-corrected chi connectivity index (χ4v) is 3.01. The molecule has 24 heavy (non-hydrogen) atoms. The molecule has 6 heteroatoms. The maximum Gasteiger partial charge on any atom is 0.0752 e. The second kappa shape index (κ2) is 17.9.